The van der Waals surface area contributed by atoms with Crippen LogP contribution in [0.4, 0.5) is 0 Å². The van der Waals surface area contributed by atoms with E-state index in [2.05, 4.69) is 6.58 Å². The number of carbonyl (C=O) groups is 3. The number of aliphatic hydroxyl groups is 1. The molecular weight excluding hydrogens is 308 g/mol. The summed E-state index contributed by atoms with van der Waals surface area (Å²) in [5.41, 5.74) is 0. The fourth-order valence-corrected chi connectivity index (χ4v) is 2.35. The lowest BCUT2D eigenvalue weighted by atomic mass is 9.93. The van der Waals surface area contributed by atoms with Crippen LogP contribution < -0.4 is 0 Å². The number of carbonyl (C=O) groups excluding carboxylic acids is 3. The Morgan fingerprint density at radius 2 is 1.61 bits per heavy atom. The van der Waals surface area contributed by atoms with Gasteiger partial charge in [-0.2, -0.15) is 0 Å². The fraction of sp³-hybridized carbons (Fsp3) is 0.667. The second-order valence-electron chi connectivity index (χ2n) is 5.18. The van der Waals surface area contributed by atoms with E-state index in [4.69, 9.17) is 18.9 Å². The standard InChI is InChI=1S/C15H22O8/c1-5-6-11-14(21-9(3)17)15(22-10(4)18)13(19)12(23-11)7-20-8(2)16/h5,11-15,19H,1,6-7H2,2-4H3/t11-,12-,13-,14-,15+/m1/s1. The second-order valence-corrected chi connectivity index (χ2v) is 5.18. The molecule has 0 unspecified atom stereocenters. The van der Waals surface area contributed by atoms with E-state index in [1.54, 1.807) is 6.08 Å². The zero-order valence-electron chi connectivity index (χ0n) is 13.4. The smallest absolute Gasteiger partial charge is 0.303 e. The van der Waals surface area contributed by atoms with Gasteiger partial charge in [-0.05, 0) is 6.42 Å². The van der Waals surface area contributed by atoms with Gasteiger partial charge < -0.3 is 24.1 Å². The maximum Gasteiger partial charge on any atom is 0.303 e. The van der Waals surface area contributed by atoms with Crippen molar-refractivity contribution in [1.82, 2.24) is 0 Å². The molecule has 0 saturated carbocycles. The first-order chi connectivity index (χ1) is 10.8. The van der Waals surface area contributed by atoms with E-state index in [0.29, 0.717) is 6.42 Å². The molecule has 130 valence electrons. The van der Waals surface area contributed by atoms with Crippen LogP contribution in [0, 0.1) is 0 Å². The Morgan fingerprint density at radius 3 is 2.09 bits per heavy atom. The van der Waals surface area contributed by atoms with Gasteiger partial charge in [-0.1, -0.05) is 6.08 Å². The predicted molar refractivity (Wildman–Crippen MR) is 77.2 cm³/mol. The van der Waals surface area contributed by atoms with Crippen LogP contribution in [0.5, 0.6) is 0 Å². The van der Waals surface area contributed by atoms with Crippen LogP contribution >= 0.6 is 0 Å². The molecule has 0 bridgehead atoms. The first-order valence-electron chi connectivity index (χ1n) is 7.18. The van der Waals surface area contributed by atoms with Gasteiger partial charge in [0.05, 0.1) is 0 Å². The molecule has 23 heavy (non-hydrogen) atoms. The Balaban J connectivity index is 3.01. The number of hydrogen-bond acceptors (Lipinski definition) is 8. The lowest BCUT2D eigenvalue weighted by molar-refractivity contribution is -0.246. The normalized spacial score (nSPS) is 30.2. The Labute approximate surface area is 134 Å². The van der Waals surface area contributed by atoms with Crippen molar-refractivity contribution >= 4 is 17.9 Å². The zero-order valence-corrected chi connectivity index (χ0v) is 13.4. The van der Waals surface area contributed by atoms with Gasteiger partial charge in [-0.15, -0.1) is 6.58 Å². The van der Waals surface area contributed by atoms with Crippen LogP contribution in [0.25, 0.3) is 0 Å². The quantitative estimate of drug-likeness (QED) is 0.415. The lowest BCUT2D eigenvalue weighted by Crippen LogP contribution is -2.61. The average molecular weight is 330 g/mol. The minimum Gasteiger partial charge on any atom is -0.463 e. The summed E-state index contributed by atoms with van der Waals surface area (Å²) < 4.78 is 20.8. The van der Waals surface area contributed by atoms with E-state index >= 15 is 0 Å². The highest BCUT2D eigenvalue weighted by atomic mass is 16.6. The van der Waals surface area contributed by atoms with Gasteiger partial charge >= 0.3 is 17.9 Å². The molecule has 0 aromatic heterocycles. The van der Waals surface area contributed by atoms with Crippen LogP contribution in [-0.2, 0) is 33.3 Å². The minimum absolute atomic E-state index is 0.214. The molecule has 0 aliphatic carbocycles. The fourth-order valence-electron chi connectivity index (χ4n) is 2.35. The first-order valence-corrected chi connectivity index (χ1v) is 7.18. The highest BCUT2D eigenvalue weighted by Gasteiger charge is 2.49. The molecule has 1 aliphatic heterocycles. The highest BCUT2D eigenvalue weighted by molar-refractivity contribution is 5.67. The van der Waals surface area contributed by atoms with E-state index in [1.165, 1.54) is 20.8 Å². The van der Waals surface area contributed by atoms with E-state index in [0.717, 1.165) is 0 Å². The van der Waals surface area contributed by atoms with Crippen molar-refractivity contribution in [3.05, 3.63) is 12.7 Å². The number of hydrogen-bond donors (Lipinski definition) is 1. The Hall–Kier alpha value is -1.93. The third-order valence-corrected chi connectivity index (χ3v) is 3.21. The summed E-state index contributed by atoms with van der Waals surface area (Å²) in [5, 5.41) is 10.3. The summed E-state index contributed by atoms with van der Waals surface area (Å²) in [5.74, 6) is -1.78. The van der Waals surface area contributed by atoms with Crippen molar-refractivity contribution in [2.45, 2.75) is 57.7 Å². The molecule has 1 fully saturated rings. The van der Waals surface area contributed by atoms with Crippen LogP contribution in [0.3, 0.4) is 0 Å². The molecule has 5 atom stereocenters. The molecule has 0 aromatic rings. The largest absolute Gasteiger partial charge is 0.463 e. The van der Waals surface area contributed by atoms with Gasteiger partial charge in [-0.3, -0.25) is 14.4 Å². The molecule has 1 heterocycles. The number of rotatable bonds is 6. The summed E-state index contributed by atoms with van der Waals surface area (Å²) in [6, 6.07) is 0. The molecule has 1 N–H and O–H groups in total. The number of esters is 3. The second kappa shape index (κ2) is 8.64. The molecule has 1 saturated heterocycles. The molecule has 1 rings (SSSR count). The van der Waals surface area contributed by atoms with Crippen LogP contribution in [-0.4, -0.2) is 60.1 Å². The van der Waals surface area contributed by atoms with Gasteiger partial charge in [0.15, 0.2) is 12.2 Å². The molecular formula is C15H22O8. The summed E-state index contributed by atoms with van der Waals surface area (Å²) in [6.45, 7) is 6.99. The SMILES string of the molecule is C=CC[C@H]1O[C@H](COC(C)=O)[C@@H](O)[C@H](OC(C)=O)[C@@H]1OC(C)=O. The summed E-state index contributed by atoms with van der Waals surface area (Å²) in [7, 11) is 0. The van der Waals surface area contributed by atoms with E-state index in [1.807, 2.05) is 0 Å². The number of aliphatic hydroxyl groups excluding tert-OH is 1. The zero-order chi connectivity index (χ0) is 17.6. The van der Waals surface area contributed by atoms with Crippen molar-refractivity contribution in [2.75, 3.05) is 6.61 Å². The van der Waals surface area contributed by atoms with Crippen molar-refractivity contribution in [3.63, 3.8) is 0 Å². The Bertz CT molecular complexity index is 460. The van der Waals surface area contributed by atoms with E-state index < -0.39 is 48.4 Å². The molecule has 0 radical (unpaired) electrons. The van der Waals surface area contributed by atoms with E-state index in [-0.39, 0.29) is 6.61 Å². The van der Waals surface area contributed by atoms with Gasteiger partial charge in [-0.25, -0.2) is 0 Å². The molecule has 0 spiro atoms. The molecule has 8 heteroatoms. The van der Waals surface area contributed by atoms with Crippen molar-refractivity contribution in [2.24, 2.45) is 0 Å². The predicted octanol–water partition coefficient (Wildman–Crippen LogP) is 0.117. The minimum atomic E-state index is -1.32. The molecule has 1 aliphatic rings. The summed E-state index contributed by atoms with van der Waals surface area (Å²) in [6.07, 6.45) is -3.20. The Kier molecular flexibility index (Phi) is 7.18. The summed E-state index contributed by atoms with van der Waals surface area (Å²) >= 11 is 0. The molecule has 0 amide bonds. The van der Waals surface area contributed by atoms with Crippen molar-refractivity contribution in [3.8, 4) is 0 Å². The third-order valence-electron chi connectivity index (χ3n) is 3.21. The molecule has 8 nitrogen and oxygen atoms in total. The molecule has 0 aromatic carbocycles. The lowest BCUT2D eigenvalue weighted by Gasteiger charge is -2.43. The Morgan fingerprint density at radius 1 is 1.04 bits per heavy atom. The maximum absolute atomic E-state index is 11.3. The van der Waals surface area contributed by atoms with Crippen LogP contribution in [0.2, 0.25) is 0 Å². The topological polar surface area (TPSA) is 108 Å². The summed E-state index contributed by atoms with van der Waals surface area (Å²) in [4.78, 5) is 33.5. The van der Waals surface area contributed by atoms with Gasteiger partial charge in [0.2, 0.25) is 0 Å². The average Bonchev–Trinajstić information content (AvgIpc) is 2.43. The monoisotopic (exact) mass is 330 g/mol. The van der Waals surface area contributed by atoms with Crippen molar-refractivity contribution in [1.29, 1.82) is 0 Å². The number of ether oxygens (including phenoxy) is 4. The van der Waals surface area contributed by atoms with Gasteiger partial charge in [0, 0.05) is 20.8 Å². The maximum atomic E-state index is 11.3. The third kappa shape index (κ3) is 5.65. The highest BCUT2D eigenvalue weighted by Crippen LogP contribution is 2.28. The van der Waals surface area contributed by atoms with Crippen LogP contribution in [0.15, 0.2) is 12.7 Å². The van der Waals surface area contributed by atoms with E-state index in [9.17, 15) is 19.5 Å². The van der Waals surface area contributed by atoms with Gasteiger partial charge in [0.25, 0.3) is 0 Å². The first kappa shape index (κ1) is 19.1. The van der Waals surface area contributed by atoms with Crippen molar-refractivity contribution < 1.29 is 38.4 Å². The van der Waals surface area contributed by atoms with Gasteiger partial charge in [0.1, 0.15) is 24.9 Å². The van der Waals surface area contributed by atoms with Crippen LogP contribution in [0.1, 0.15) is 27.2 Å².